The Kier molecular flexibility index (Phi) is 6.02. The van der Waals surface area contributed by atoms with Gasteiger partial charge in [-0.3, -0.25) is 4.79 Å². The highest BCUT2D eigenvalue weighted by atomic mass is 16.5. The van der Waals surface area contributed by atoms with Crippen LogP contribution in [-0.4, -0.2) is 36.9 Å². The normalized spacial score (nSPS) is 16.6. The third-order valence-corrected chi connectivity index (χ3v) is 5.25. The summed E-state index contributed by atoms with van der Waals surface area (Å²) < 4.78 is 5.22. The van der Waals surface area contributed by atoms with Gasteiger partial charge in [-0.15, -0.1) is 0 Å². The van der Waals surface area contributed by atoms with Gasteiger partial charge in [-0.2, -0.15) is 0 Å². The first-order valence-electron chi connectivity index (χ1n) is 9.70. The first-order valence-corrected chi connectivity index (χ1v) is 9.70. The number of rotatable bonds is 4. The molecule has 0 bridgehead atoms. The number of anilines is 1. The number of hydrogen-bond donors (Lipinski definition) is 1. The van der Waals surface area contributed by atoms with Crippen LogP contribution in [0.15, 0.2) is 36.4 Å². The van der Waals surface area contributed by atoms with E-state index in [9.17, 15) is 9.59 Å². The molecule has 5 nitrogen and oxygen atoms in total. The molecule has 0 aromatic heterocycles. The number of aryl methyl sites for hydroxylation is 3. The average molecular weight is 380 g/mol. The molecule has 1 heterocycles. The summed E-state index contributed by atoms with van der Waals surface area (Å²) in [6.07, 6.45) is 1.63. The molecule has 1 aliphatic heterocycles. The Hall–Kier alpha value is -2.82. The number of hydrogen-bond acceptors (Lipinski definition) is 3. The van der Waals surface area contributed by atoms with Gasteiger partial charge in [0.1, 0.15) is 5.75 Å². The van der Waals surface area contributed by atoms with Crippen molar-refractivity contribution in [1.82, 2.24) is 4.90 Å². The Morgan fingerprint density at radius 3 is 2.43 bits per heavy atom. The molecule has 2 aromatic rings. The monoisotopic (exact) mass is 380 g/mol. The number of carbonyl (C=O) groups excluding carboxylic acids is 2. The van der Waals surface area contributed by atoms with Crippen LogP contribution in [0.3, 0.4) is 0 Å². The molecule has 1 atom stereocenters. The maximum Gasteiger partial charge on any atom is 0.321 e. The number of ketones is 1. The number of nitrogens with one attached hydrogen (secondary N) is 1. The van der Waals surface area contributed by atoms with Gasteiger partial charge in [0.25, 0.3) is 0 Å². The Bertz CT molecular complexity index is 871. The van der Waals surface area contributed by atoms with Crippen LogP contribution < -0.4 is 10.1 Å². The van der Waals surface area contributed by atoms with Crippen LogP contribution in [0.5, 0.6) is 5.75 Å². The molecule has 5 heteroatoms. The van der Waals surface area contributed by atoms with Gasteiger partial charge >= 0.3 is 6.03 Å². The second-order valence-corrected chi connectivity index (χ2v) is 7.64. The molecule has 0 saturated carbocycles. The van der Waals surface area contributed by atoms with Gasteiger partial charge in [-0.05, 0) is 80.6 Å². The van der Waals surface area contributed by atoms with Crippen LogP contribution in [0.25, 0.3) is 0 Å². The van der Waals surface area contributed by atoms with E-state index in [4.69, 9.17) is 4.74 Å². The van der Waals surface area contributed by atoms with E-state index < -0.39 is 0 Å². The van der Waals surface area contributed by atoms with Crippen molar-refractivity contribution in [2.75, 3.05) is 25.5 Å². The molecular formula is C23H28N2O3. The fourth-order valence-electron chi connectivity index (χ4n) is 3.88. The molecule has 1 aliphatic rings. The zero-order valence-electron chi connectivity index (χ0n) is 17.0. The molecule has 0 aliphatic carbocycles. The lowest BCUT2D eigenvalue weighted by Gasteiger charge is -2.32. The standard InChI is InChI=1S/C23H28N2O3/c1-15-10-16(2)12-19(11-15)24-23(27)25-9-5-6-18(14-25)22(26)21-8-7-20(28-4)13-17(21)3/h7-8,10-13,18H,5-6,9,14H2,1-4H3,(H,24,27). The van der Waals surface area contributed by atoms with Crippen molar-refractivity contribution in [3.05, 3.63) is 58.7 Å². The lowest BCUT2D eigenvalue weighted by atomic mass is 9.88. The number of Topliss-reactive ketones (excluding diaryl/α,β-unsaturated/α-hetero) is 1. The molecule has 2 aromatic carbocycles. The third kappa shape index (κ3) is 4.53. The molecule has 0 spiro atoms. The number of nitrogens with zero attached hydrogens (tertiary/aromatic N) is 1. The summed E-state index contributed by atoms with van der Waals surface area (Å²) in [6, 6.07) is 11.4. The van der Waals surface area contributed by atoms with Gasteiger partial charge in [0.15, 0.2) is 5.78 Å². The van der Waals surface area contributed by atoms with Gasteiger partial charge in [-0.25, -0.2) is 4.79 Å². The Balaban J connectivity index is 1.69. The number of benzene rings is 2. The maximum absolute atomic E-state index is 13.0. The van der Waals surface area contributed by atoms with Crippen LogP contribution in [0.2, 0.25) is 0 Å². The molecule has 148 valence electrons. The van der Waals surface area contributed by atoms with E-state index in [2.05, 4.69) is 11.4 Å². The first kappa shape index (κ1) is 19.9. The molecule has 3 rings (SSSR count). The molecule has 28 heavy (non-hydrogen) atoms. The maximum atomic E-state index is 13.0. The van der Waals surface area contributed by atoms with Crippen molar-refractivity contribution in [2.24, 2.45) is 5.92 Å². The van der Waals surface area contributed by atoms with Crippen molar-refractivity contribution in [3.63, 3.8) is 0 Å². The molecule has 1 N–H and O–H groups in total. The third-order valence-electron chi connectivity index (χ3n) is 5.25. The number of amides is 2. The number of methoxy groups -OCH3 is 1. The predicted octanol–water partition coefficient (Wildman–Crippen LogP) is 4.75. The fraction of sp³-hybridized carbons (Fsp3) is 0.391. The van der Waals surface area contributed by atoms with E-state index in [1.165, 1.54) is 0 Å². The van der Waals surface area contributed by atoms with E-state index in [0.717, 1.165) is 41.0 Å². The summed E-state index contributed by atoms with van der Waals surface area (Å²) in [4.78, 5) is 27.5. The minimum absolute atomic E-state index is 0.101. The summed E-state index contributed by atoms with van der Waals surface area (Å²) in [5.74, 6) is 0.669. The highest BCUT2D eigenvalue weighted by Gasteiger charge is 2.29. The molecule has 1 fully saturated rings. The smallest absolute Gasteiger partial charge is 0.321 e. The summed E-state index contributed by atoms with van der Waals surface area (Å²) in [5, 5.41) is 2.98. The van der Waals surface area contributed by atoms with Crippen molar-refractivity contribution < 1.29 is 14.3 Å². The SMILES string of the molecule is COc1ccc(C(=O)C2CCCN(C(=O)Nc3cc(C)cc(C)c3)C2)c(C)c1. The minimum atomic E-state index is -0.175. The van der Waals surface area contributed by atoms with Crippen LogP contribution in [0.1, 0.15) is 39.9 Å². The number of ether oxygens (including phenoxy) is 1. The predicted molar refractivity (Wildman–Crippen MR) is 111 cm³/mol. The van der Waals surface area contributed by atoms with E-state index in [-0.39, 0.29) is 17.7 Å². The Morgan fingerprint density at radius 1 is 1.07 bits per heavy atom. The second kappa shape index (κ2) is 8.46. The van der Waals surface area contributed by atoms with Crippen LogP contribution in [0, 0.1) is 26.7 Å². The Morgan fingerprint density at radius 2 is 1.79 bits per heavy atom. The quantitative estimate of drug-likeness (QED) is 0.779. The summed E-state index contributed by atoms with van der Waals surface area (Å²) >= 11 is 0. The lowest BCUT2D eigenvalue weighted by Crippen LogP contribution is -2.44. The zero-order valence-corrected chi connectivity index (χ0v) is 17.0. The number of carbonyl (C=O) groups is 2. The van der Waals surface area contributed by atoms with Crippen molar-refractivity contribution >= 4 is 17.5 Å². The molecule has 0 radical (unpaired) electrons. The fourth-order valence-corrected chi connectivity index (χ4v) is 3.88. The summed E-state index contributed by atoms with van der Waals surface area (Å²) in [7, 11) is 1.61. The number of piperidine rings is 1. The number of urea groups is 1. The van der Waals surface area contributed by atoms with E-state index in [1.807, 2.05) is 51.1 Å². The average Bonchev–Trinajstić information content (AvgIpc) is 2.66. The first-order chi connectivity index (χ1) is 13.4. The summed E-state index contributed by atoms with van der Waals surface area (Å²) in [6.45, 7) is 7.05. The van der Waals surface area contributed by atoms with E-state index in [0.29, 0.717) is 18.7 Å². The van der Waals surface area contributed by atoms with Crippen molar-refractivity contribution in [2.45, 2.75) is 33.6 Å². The zero-order chi connectivity index (χ0) is 20.3. The highest BCUT2D eigenvalue weighted by molar-refractivity contribution is 6.00. The van der Waals surface area contributed by atoms with Gasteiger partial charge in [0, 0.05) is 30.3 Å². The molecular weight excluding hydrogens is 352 g/mol. The minimum Gasteiger partial charge on any atom is -0.497 e. The van der Waals surface area contributed by atoms with E-state index >= 15 is 0 Å². The van der Waals surface area contributed by atoms with Crippen molar-refractivity contribution in [1.29, 1.82) is 0 Å². The number of likely N-dealkylation sites (tertiary alicyclic amines) is 1. The lowest BCUT2D eigenvalue weighted by molar-refractivity contribution is 0.0851. The van der Waals surface area contributed by atoms with Gasteiger partial charge < -0.3 is 15.0 Å². The Labute approximate surface area is 166 Å². The van der Waals surface area contributed by atoms with Crippen molar-refractivity contribution in [3.8, 4) is 5.75 Å². The second-order valence-electron chi connectivity index (χ2n) is 7.64. The van der Waals surface area contributed by atoms with Gasteiger partial charge in [0.05, 0.1) is 7.11 Å². The summed E-state index contributed by atoms with van der Waals surface area (Å²) in [5.41, 5.74) is 4.62. The molecule has 1 unspecified atom stereocenters. The largest absolute Gasteiger partial charge is 0.497 e. The van der Waals surface area contributed by atoms with Crippen LogP contribution in [0.4, 0.5) is 10.5 Å². The highest BCUT2D eigenvalue weighted by Crippen LogP contribution is 2.25. The topological polar surface area (TPSA) is 58.6 Å². The molecule has 2 amide bonds. The molecule has 1 saturated heterocycles. The van der Waals surface area contributed by atoms with Gasteiger partial charge in [-0.1, -0.05) is 6.07 Å². The van der Waals surface area contributed by atoms with Crippen LogP contribution >= 0.6 is 0 Å². The van der Waals surface area contributed by atoms with E-state index in [1.54, 1.807) is 12.0 Å². The van der Waals surface area contributed by atoms with Crippen LogP contribution in [-0.2, 0) is 0 Å². The van der Waals surface area contributed by atoms with Gasteiger partial charge in [0.2, 0.25) is 0 Å².